The number of piperidine rings is 1. The largest absolute Gasteiger partial charge is 0.378 e. The number of hydrogen-bond acceptors (Lipinski definition) is 6. The number of benzene rings is 1. The van der Waals surface area contributed by atoms with Gasteiger partial charge in [0.25, 0.3) is 0 Å². The number of hydrogen-bond donors (Lipinski definition) is 2. The Morgan fingerprint density at radius 1 is 1.10 bits per heavy atom. The van der Waals surface area contributed by atoms with Crippen molar-refractivity contribution in [3.63, 3.8) is 0 Å². The summed E-state index contributed by atoms with van der Waals surface area (Å²) in [5, 5.41) is 6.57. The van der Waals surface area contributed by atoms with E-state index in [1.807, 2.05) is 30.5 Å². The first-order valence-electron chi connectivity index (χ1n) is 10.8. The third kappa shape index (κ3) is 4.01. The van der Waals surface area contributed by atoms with Crippen LogP contribution in [0.5, 0.6) is 0 Å². The van der Waals surface area contributed by atoms with Crippen molar-refractivity contribution in [1.29, 1.82) is 0 Å². The van der Waals surface area contributed by atoms with Crippen LogP contribution < -0.4 is 15.5 Å². The summed E-state index contributed by atoms with van der Waals surface area (Å²) in [7, 11) is 0. The third-order valence-corrected chi connectivity index (χ3v) is 5.88. The van der Waals surface area contributed by atoms with Crippen molar-refractivity contribution in [2.45, 2.75) is 25.3 Å². The Labute approximate surface area is 182 Å². The van der Waals surface area contributed by atoms with Gasteiger partial charge in [-0.05, 0) is 79.6 Å². The molecule has 1 unspecified atom stereocenters. The summed E-state index contributed by atoms with van der Waals surface area (Å²) >= 11 is 0. The van der Waals surface area contributed by atoms with E-state index < -0.39 is 6.04 Å². The van der Waals surface area contributed by atoms with E-state index in [9.17, 15) is 4.79 Å². The average Bonchev–Trinajstić information content (AvgIpc) is 2.85. The summed E-state index contributed by atoms with van der Waals surface area (Å²) in [6.45, 7) is 2.24. The Kier molecular flexibility index (Phi) is 5.35. The maximum Gasteiger partial charge on any atom is 0.146 e. The minimum absolute atomic E-state index is 0.439. The number of nitrogens with one attached hydrogen (secondary N) is 2. The van der Waals surface area contributed by atoms with Gasteiger partial charge >= 0.3 is 0 Å². The van der Waals surface area contributed by atoms with Crippen LogP contribution in [-0.2, 0) is 4.79 Å². The van der Waals surface area contributed by atoms with E-state index in [1.54, 1.807) is 12.4 Å². The standard InChI is InChI=1S/C25H25N5O/c31-17-23-24-18(10-12-27-23)15-22(19-5-4-11-26-16-19)29-25(24)28-20-6-8-21(9-7-20)30-13-2-1-3-14-30/h4-12,15-17,23,27H,1-3,13-14H2,(H,28,29). The van der Waals surface area contributed by atoms with Crippen LogP contribution in [0.25, 0.3) is 17.3 Å². The molecule has 156 valence electrons. The zero-order valence-corrected chi connectivity index (χ0v) is 17.3. The highest BCUT2D eigenvalue weighted by molar-refractivity contribution is 5.80. The number of rotatable bonds is 5. The van der Waals surface area contributed by atoms with Crippen molar-refractivity contribution in [3.05, 3.63) is 72.2 Å². The van der Waals surface area contributed by atoms with Crippen molar-refractivity contribution in [1.82, 2.24) is 15.3 Å². The summed E-state index contributed by atoms with van der Waals surface area (Å²) in [6, 6.07) is 13.9. The SMILES string of the molecule is O=CC1NC=Cc2cc(-c3cccnc3)nc(Nc3ccc(N4CCCCC4)cc3)c21. The molecule has 6 nitrogen and oxygen atoms in total. The van der Waals surface area contributed by atoms with E-state index in [2.05, 4.69) is 44.8 Å². The quantitative estimate of drug-likeness (QED) is 0.594. The highest BCUT2D eigenvalue weighted by Gasteiger charge is 2.23. The normalized spacial score (nSPS) is 17.5. The number of nitrogens with zero attached hydrogens (tertiary/aromatic N) is 3. The molecule has 2 aliphatic heterocycles. The molecule has 2 aliphatic rings. The van der Waals surface area contributed by atoms with Crippen LogP contribution in [0.4, 0.5) is 17.2 Å². The number of anilines is 3. The number of carbonyl (C=O) groups excluding carboxylic acids is 1. The van der Waals surface area contributed by atoms with E-state index in [-0.39, 0.29) is 0 Å². The van der Waals surface area contributed by atoms with Crippen molar-refractivity contribution in [2.75, 3.05) is 23.3 Å². The molecule has 0 radical (unpaired) electrons. The van der Waals surface area contributed by atoms with Gasteiger partial charge < -0.3 is 20.3 Å². The molecule has 1 saturated heterocycles. The number of fused-ring (bicyclic) bond motifs is 1. The summed E-state index contributed by atoms with van der Waals surface area (Å²) in [5.41, 5.74) is 5.76. The number of pyridine rings is 2. The summed E-state index contributed by atoms with van der Waals surface area (Å²) in [6.07, 6.45) is 12.1. The fourth-order valence-corrected chi connectivity index (χ4v) is 4.27. The van der Waals surface area contributed by atoms with Gasteiger partial charge in [-0.1, -0.05) is 0 Å². The first-order chi connectivity index (χ1) is 15.3. The zero-order chi connectivity index (χ0) is 21.0. The van der Waals surface area contributed by atoms with Gasteiger partial charge in [0, 0.05) is 48.0 Å². The molecule has 4 heterocycles. The van der Waals surface area contributed by atoms with Crippen LogP contribution in [0, 0.1) is 0 Å². The smallest absolute Gasteiger partial charge is 0.146 e. The van der Waals surface area contributed by atoms with Crippen LogP contribution in [0.3, 0.4) is 0 Å². The average molecular weight is 412 g/mol. The molecule has 6 heteroatoms. The van der Waals surface area contributed by atoms with Gasteiger partial charge in [0.15, 0.2) is 0 Å². The molecule has 1 aromatic carbocycles. The van der Waals surface area contributed by atoms with E-state index in [0.717, 1.165) is 47.4 Å². The Balaban J connectivity index is 1.50. The van der Waals surface area contributed by atoms with Gasteiger partial charge in [-0.15, -0.1) is 0 Å². The lowest BCUT2D eigenvalue weighted by Crippen LogP contribution is -2.29. The maximum absolute atomic E-state index is 11.7. The van der Waals surface area contributed by atoms with E-state index >= 15 is 0 Å². The lowest BCUT2D eigenvalue weighted by Gasteiger charge is -2.29. The van der Waals surface area contributed by atoms with Gasteiger partial charge in [-0.3, -0.25) is 4.98 Å². The Hall–Kier alpha value is -3.67. The topological polar surface area (TPSA) is 70.1 Å². The lowest BCUT2D eigenvalue weighted by molar-refractivity contribution is -0.109. The summed E-state index contributed by atoms with van der Waals surface area (Å²) < 4.78 is 0. The van der Waals surface area contributed by atoms with Gasteiger partial charge in [-0.25, -0.2) is 4.98 Å². The first-order valence-corrected chi connectivity index (χ1v) is 10.8. The number of carbonyl (C=O) groups is 1. The molecule has 0 spiro atoms. The molecule has 1 atom stereocenters. The highest BCUT2D eigenvalue weighted by Crippen LogP contribution is 2.34. The molecule has 0 amide bonds. The molecule has 0 saturated carbocycles. The second-order valence-corrected chi connectivity index (χ2v) is 7.93. The number of aldehydes is 1. The molecular weight excluding hydrogens is 386 g/mol. The number of aromatic nitrogens is 2. The zero-order valence-electron chi connectivity index (χ0n) is 17.3. The first kappa shape index (κ1) is 19.3. The highest BCUT2D eigenvalue weighted by atomic mass is 16.1. The Morgan fingerprint density at radius 2 is 1.94 bits per heavy atom. The second-order valence-electron chi connectivity index (χ2n) is 7.93. The molecule has 1 fully saturated rings. The van der Waals surface area contributed by atoms with Crippen molar-refractivity contribution in [3.8, 4) is 11.3 Å². The summed E-state index contributed by atoms with van der Waals surface area (Å²) in [4.78, 5) is 23.3. The van der Waals surface area contributed by atoms with Crippen molar-refractivity contribution < 1.29 is 4.79 Å². The van der Waals surface area contributed by atoms with Gasteiger partial charge in [-0.2, -0.15) is 0 Å². The maximum atomic E-state index is 11.7. The Morgan fingerprint density at radius 3 is 2.68 bits per heavy atom. The lowest BCUT2D eigenvalue weighted by atomic mass is 9.97. The van der Waals surface area contributed by atoms with Crippen LogP contribution >= 0.6 is 0 Å². The molecule has 0 bridgehead atoms. The molecule has 3 aromatic rings. The molecule has 31 heavy (non-hydrogen) atoms. The van der Waals surface area contributed by atoms with Crippen LogP contribution in [0.2, 0.25) is 0 Å². The molecule has 2 N–H and O–H groups in total. The van der Waals surface area contributed by atoms with E-state index in [0.29, 0.717) is 5.82 Å². The van der Waals surface area contributed by atoms with E-state index in [1.165, 1.54) is 24.9 Å². The second kappa shape index (κ2) is 8.60. The predicted molar refractivity (Wildman–Crippen MR) is 124 cm³/mol. The molecular formula is C25H25N5O. The predicted octanol–water partition coefficient (Wildman–Crippen LogP) is 4.69. The third-order valence-electron chi connectivity index (χ3n) is 5.88. The van der Waals surface area contributed by atoms with Crippen molar-refractivity contribution in [2.24, 2.45) is 0 Å². The molecule has 2 aromatic heterocycles. The minimum atomic E-state index is -0.439. The summed E-state index contributed by atoms with van der Waals surface area (Å²) in [5.74, 6) is 0.677. The van der Waals surface area contributed by atoms with Crippen LogP contribution in [-0.4, -0.2) is 29.3 Å². The van der Waals surface area contributed by atoms with Gasteiger partial charge in [0.2, 0.25) is 0 Å². The molecule has 5 rings (SSSR count). The van der Waals surface area contributed by atoms with Crippen molar-refractivity contribution >= 4 is 29.6 Å². The van der Waals surface area contributed by atoms with Gasteiger partial charge in [0.05, 0.1) is 5.69 Å². The molecule has 0 aliphatic carbocycles. The fraction of sp³-hybridized carbons (Fsp3) is 0.240. The monoisotopic (exact) mass is 411 g/mol. The van der Waals surface area contributed by atoms with Crippen LogP contribution in [0.15, 0.2) is 61.1 Å². The van der Waals surface area contributed by atoms with Crippen LogP contribution in [0.1, 0.15) is 36.4 Å². The van der Waals surface area contributed by atoms with Gasteiger partial charge in [0.1, 0.15) is 18.1 Å². The Bertz CT molecular complexity index is 1090. The fourth-order valence-electron chi connectivity index (χ4n) is 4.27. The minimum Gasteiger partial charge on any atom is -0.378 e. The van der Waals surface area contributed by atoms with E-state index in [4.69, 9.17) is 4.98 Å².